The third-order valence-corrected chi connectivity index (χ3v) is 4.63. The maximum absolute atomic E-state index is 13.7. The minimum absolute atomic E-state index is 0.0410. The summed E-state index contributed by atoms with van der Waals surface area (Å²) in [6.07, 6.45) is 0.848. The fraction of sp³-hybridized carbons (Fsp3) is 0.350. The van der Waals surface area contributed by atoms with Crippen molar-refractivity contribution in [2.24, 2.45) is 0 Å². The summed E-state index contributed by atoms with van der Waals surface area (Å²) in [4.78, 5) is 14.2. The summed E-state index contributed by atoms with van der Waals surface area (Å²) in [7, 11) is 0. The minimum atomic E-state index is -0.775. The van der Waals surface area contributed by atoms with Crippen LogP contribution in [0, 0.1) is 5.82 Å². The SMILES string of the molecule is O=C(CC(O)c1ccccc1)N1CCC(Nc2ccccc2F)CC1. The van der Waals surface area contributed by atoms with Crippen molar-refractivity contribution in [2.45, 2.75) is 31.4 Å². The number of nitrogens with one attached hydrogen (secondary N) is 1. The second kappa shape index (κ2) is 8.12. The molecule has 1 aliphatic heterocycles. The van der Waals surface area contributed by atoms with Crippen LogP contribution in [-0.4, -0.2) is 35.0 Å². The van der Waals surface area contributed by atoms with Crippen LogP contribution in [0.15, 0.2) is 54.6 Å². The highest BCUT2D eigenvalue weighted by atomic mass is 19.1. The number of piperidine rings is 1. The predicted octanol–water partition coefficient (Wildman–Crippen LogP) is 3.35. The van der Waals surface area contributed by atoms with Crippen LogP contribution in [0.4, 0.5) is 10.1 Å². The Morgan fingerprint density at radius 1 is 1.12 bits per heavy atom. The lowest BCUT2D eigenvalue weighted by Gasteiger charge is -2.33. The zero-order valence-electron chi connectivity index (χ0n) is 14.1. The van der Waals surface area contributed by atoms with Crippen LogP contribution in [0.3, 0.4) is 0 Å². The van der Waals surface area contributed by atoms with Crippen molar-refractivity contribution in [1.82, 2.24) is 4.90 Å². The molecule has 5 heteroatoms. The molecule has 0 radical (unpaired) electrons. The molecule has 0 bridgehead atoms. The van der Waals surface area contributed by atoms with Gasteiger partial charge in [0.15, 0.2) is 0 Å². The number of aliphatic hydroxyl groups is 1. The lowest BCUT2D eigenvalue weighted by atomic mass is 10.0. The van der Waals surface area contributed by atoms with Crippen molar-refractivity contribution in [3.8, 4) is 0 Å². The first-order valence-electron chi connectivity index (χ1n) is 8.65. The number of halogens is 1. The number of carbonyl (C=O) groups excluding carboxylic acids is 1. The normalized spacial score (nSPS) is 16.5. The molecule has 2 aromatic carbocycles. The summed E-state index contributed by atoms with van der Waals surface area (Å²) in [5, 5.41) is 13.4. The van der Waals surface area contributed by atoms with Gasteiger partial charge >= 0.3 is 0 Å². The molecule has 0 aromatic heterocycles. The summed E-state index contributed by atoms with van der Waals surface area (Å²) in [5.74, 6) is -0.298. The Morgan fingerprint density at radius 2 is 1.76 bits per heavy atom. The van der Waals surface area contributed by atoms with E-state index in [1.54, 1.807) is 23.1 Å². The van der Waals surface area contributed by atoms with Crippen molar-refractivity contribution in [3.63, 3.8) is 0 Å². The lowest BCUT2D eigenvalue weighted by molar-refractivity contribution is -0.134. The predicted molar refractivity (Wildman–Crippen MR) is 95.6 cm³/mol. The Bertz CT molecular complexity index is 700. The zero-order chi connectivity index (χ0) is 17.6. The van der Waals surface area contributed by atoms with Crippen LogP contribution in [0.2, 0.25) is 0 Å². The van der Waals surface area contributed by atoms with E-state index in [0.29, 0.717) is 18.8 Å². The zero-order valence-corrected chi connectivity index (χ0v) is 14.1. The number of aliphatic hydroxyl groups excluding tert-OH is 1. The van der Waals surface area contributed by atoms with Gasteiger partial charge in [-0.1, -0.05) is 42.5 Å². The second-order valence-corrected chi connectivity index (χ2v) is 6.41. The van der Waals surface area contributed by atoms with Gasteiger partial charge in [0.2, 0.25) is 5.91 Å². The van der Waals surface area contributed by atoms with Gasteiger partial charge in [-0.3, -0.25) is 4.79 Å². The average Bonchev–Trinajstić information content (AvgIpc) is 2.65. The Kier molecular flexibility index (Phi) is 5.66. The van der Waals surface area contributed by atoms with E-state index in [-0.39, 0.29) is 24.2 Å². The van der Waals surface area contributed by atoms with E-state index in [9.17, 15) is 14.3 Å². The Labute approximate surface area is 147 Å². The maximum Gasteiger partial charge on any atom is 0.225 e. The van der Waals surface area contributed by atoms with Gasteiger partial charge in [-0.2, -0.15) is 0 Å². The van der Waals surface area contributed by atoms with Crippen LogP contribution in [0.1, 0.15) is 30.9 Å². The Hall–Kier alpha value is -2.40. The van der Waals surface area contributed by atoms with Crippen LogP contribution in [0.5, 0.6) is 0 Å². The van der Waals surface area contributed by atoms with Gasteiger partial charge in [0.25, 0.3) is 0 Å². The van der Waals surface area contributed by atoms with Gasteiger partial charge in [-0.05, 0) is 30.5 Å². The first kappa shape index (κ1) is 17.4. The topological polar surface area (TPSA) is 52.6 Å². The first-order valence-corrected chi connectivity index (χ1v) is 8.65. The number of likely N-dealkylation sites (tertiary alicyclic amines) is 1. The van der Waals surface area contributed by atoms with E-state index in [4.69, 9.17) is 0 Å². The summed E-state index contributed by atoms with van der Waals surface area (Å²) < 4.78 is 13.7. The fourth-order valence-corrected chi connectivity index (χ4v) is 3.16. The third kappa shape index (κ3) is 4.57. The first-order chi connectivity index (χ1) is 12.1. The van der Waals surface area contributed by atoms with Gasteiger partial charge in [0, 0.05) is 19.1 Å². The molecule has 4 nitrogen and oxygen atoms in total. The Morgan fingerprint density at radius 3 is 2.44 bits per heavy atom. The van der Waals surface area contributed by atoms with Crippen molar-refractivity contribution >= 4 is 11.6 Å². The average molecular weight is 342 g/mol. The van der Waals surface area contributed by atoms with Crippen LogP contribution >= 0.6 is 0 Å². The number of hydrogen-bond donors (Lipinski definition) is 2. The highest BCUT2D eigenvalue weighted by Gasteiger charge is 2.25. The number of anilines is 1. The molecule has 25 heavy (non-hydrogen) atoms. The Balaban J connectivity index is 1.48. The molecule has 0 aliphatic carbocycles. The van der Waals surface area contributed by atoms with Gasteiger partial charge < -0.3 is 15.3 Å². The molecule has 1 heterocycles. The molecule has 1 unspecified atom stereocenters. The molecule has 1 aliphatic rings. The highest BCUT2D eigenvalue weighted by Crippen LogP contribution is 2.22. The number of amides is 1. The van der Waals surface area contributed by atoms with Gasteiger partial charge in [0.05, 0.1) is 18.2 Å². The molecule has 1 amide bonds. The number of rotatable bonds is 5. The number of benzene rings is 2. The summed E-state index contributed by atoms with van der Waals surface area (Å²) >= 11 is 0. The molecule has 132 valence electrons. The third-order valence-electron chi connectivity index (χ3n) is 4.63. The van der Waals surface area contributed by atoms with Gasteiger partial charge in [-0.25, -0.2) is 4.39 Å². The molecule has 1 atom stereocenters. The lowest BCUT2D eigenvalue weighted by Crippen LogP contribution is -2.42. The van der Waals surface area contributed by atoms with Crippen LogP contribution < -0.4 is 5.32 Å². The monoisotopic (exact) mass is 342 g/mol. The van der Waals surface area contributed by atoms with E-state index >= 15 is 0 Å². The molecule has 1 fully saturated rings. The number of nitrogens with zero attached hydrogens (tertiary/aromatic N) is 1. The number of para-hydroxylation sites is 1. The minimum Gasteiger partial charge on any atom is -0.388 e. The molecule has 1 saturated heterocycles. The quantitative estimate of drug-likeness (QED) is 0.876. The number of hydrogen-bond acceptors (Lipinski definition) is 3. The van der Waals surface area contributed by atoms with Gasteiger partial charge in [-0.15, -0.1) is 0 Å². The summed E-state index contributed by atoms with van der Waals surface area (Å²) in [6.45, 7) is 1.24. The molecular formula is C20H23FN2O2. The van der Waals surface area contributed by atoms with E-state index < -0.39 is 6.10 Å². The van der Waals surface area contributed by atoms with Crippen molar-refractivity contribution in [3.05, 3.63) is 66.0 Å². The number of carbonyl (C=O) groups is 1. The molecule has 0 spiro atoms. The molecule has 2 N–H and O–H groups in total. The smallest absolute Gasteiger partial charge is 0.225 e. The van der Waals surface area contributed by atoms with Crippen molar-refractivity contribution < 1.29 is 14.3 Å². The standard InChI is InChI=1S/C20H23FN2O2/c21-17-8-4-5-9-18(17)22-16-10-12-23(13-11-16)20(25)14-19(24)15-6-2-1-3-7-15/h1-9,16,19,22,24H,10-14H2. The summed E-state index contributed by atoms with van der Waals surface area (Å²) in [6, 6.07) is 16.0. The summed E-state index contributed by atoms with van der Waals surface area (Å²) in [5.41, 5.74) is 1.26. The largest absolute Gasteiger partial charge is 0.388 e. The van der Waals surface area contributed by atoms with Gasteiger partial charge in [0.1, 0.15) is 5.82 Å². The van der Waals surface area contributed by atoms with E-state index in [1.165, 1.54) is 6.07 Å². The van der Waals surface area contributed by atoms with E-state index in [1.807, 2.05) is 30.3 Å². The second-order valence-electron chi connectivity index (χ2n) is 6.41. The van der Waals surface area contributed by atoms with E-state index in [2.05, 4.69) is 5.32 Å². The highest BCUT2D eigenvalue weighted by molar-refractivity contribution is 5.77. The van der Waals surface area contributed by atoms with Crippen LogP contribution in [-0.2, 0) is 4.79 Å². The molecule has 3 rings (SSSR count). The van der Waals surface area contributed by atoms with Crippen molar-refractivity contribution in [1.29, 1.82) is 0 Å². The fourth-order valence-electron chi connectivity index (χ4n) is 3.16. The molecule has 2 aromatic rings. The maximum atomic E-state index is 13.7. The van der Waals surface area contributed by atoms with Crippen LogP contribution in [0.25, 0.3) is 0 Å². The molecular weight excluding hydrogens is 319 g/mol. The van der Waals surface area contributed by atoms with Crippen molar-refractivity contribution in [2.75, 3.05) is 18.4 Å². The van der Waals surface area contributed by atoms with E-state index in [0.717, 1.165) is 18.4 Å². The molecule has 0 saturated carbocycles.